The molecule has 18 heavy (non-hydrogen) atoms. The Morgan fingerprint density at radius 2 is 2.28 bits per heavy atom. The number of carbonyl (C=O) groups excluding carboxylic acids is 2. The highest BCUT2D eigenvalue weighted by atomic mass is 32.2. The van der Waals surface area contributed by atoms with Crippen LogP contribution in [0.4, 0.5) is 4.79 Å². The Morgan fingerprint density at radius 3 is 2.83 bits per heavy atom. The Labute approximate surface area is 111 Å². The molecule has 0 atom stereocenters. The molecule has 0 saturated carbocycles. The first-order valence-electron chi connectivity index (χ1n) is 5.87. The molecule has 1 saturated heterocycles. The van der Waals surface area contributed by atoms with E-state index in [1.54, 1.807) is 4.90 Å². The van der Waals surface area contributed by atoms with Gasteiger partial charge in [-0.15, -0.1) is 0 Å². The van der Waals surface area contributed by atoms with Crippen LogP contribution < -0.4 is 5.32 Å². The molecule has 1 N–H and O–H groups in total. The first-order chi connectivity index (χ1) is 8.58. The van der Waals surface area contributed by atoms with Crippen molar-refractivity contribution < 1.29 is 9.59 Å². The fourth-order valence-corrected chi connectivity index (χ4v) is 2.66. The van der Waals surface area contributed by atoms with Gasteiger partial charge in [-0.1, -0.05) is 11.8 Å². The number of aryl methyl sites for hydroxylation is 1. The van der Waals surface area contributed by atoms with E-state index in [9.17, 15) is 9.59 Å². The summed E-state index contributed by atoms with van der Waals surface area (Å²) < 4.78 is 2.04. The van der Waals surface area contributed by atoms with Crippen molar-refractivity contribution in [3.05, 3.63) is 23.5 Å². The largest absolute Gasteiger partial charge is 0.350 e. The molecule has 1 aromatic rings. The quantitative estimate of drug-likeness (QED) is 0.889. The van der Waals surface area contributed by atoms with Crippen LogP contribution in [0.2, 0.25) is 0 Å². The molecule has 2 amide bonds. The third-order valence-corrected chi connectivity index (χ3v) is 4.01. The molecule has 0 aromatic carbocycles. The molecule has 0 unspecified atom stereocenters. The summed E-state index contributed by atoms with van der Waals surface area (Å²) in [6, 6.07) is 4.01. The molecule has 0 bridgehead atoms. The Bertz CT molecular complexity index is 470. The van der Waals surface area contributed by atoms with Gasteiger partial charge in [0.05, 0.1) is 6.54 Å². The number of carbonyl (C=O) groups is 2. The average Bonchev–Trinajstić information content (AvgIpc) is 2.86. The van der Waals surface area contributed by atoms with Crippen molar-refractivity contribution in [1.82, 2.24) is 14.8 Å². The highest BCUT2D eigenvalue weighted by molar-refractivity contribution is 8.13. The van der Waals surface area contributed by atoms with Gasteiger partial charge in [-0.3, -0.25) is 9.59 Å². The molecular formula is C12H17N3O2S. The second-order valence-corrected chi connectivity index (χ2v) is 5.38. The summed E-state index contributed by atoms with van der Waals surface area (Å²) in [4.78, 5) is 24.6. The number of aromatic nitrogens is 1. The molecule has 2 rings (SSSR count). The number of amides is 2. The van der Waals surface area contributed by atoms with Crippen LogP contribution in [0.25, 0.3) is 0 Å². The molecule has 1 aromatic heterocycles. The second-order valence-electron chi connectivity index (χ2n) is 4.34. The zero-order valence-electron chi connectivity index (χ0n) is 10.6. The highest BCUT2D eigenvalue weighted by Crippen LogP contribution is 2.16. The lowest BCUT2D eigenvalue weighted by atomic mass is 10.4. The number of nitrogens with one attached hydrogen (secondary N) is 1. The average molecular weight is 267 g/mol. The minimum atomic E-state index is -0.107. The summed E-state index contributed by atoms with van der Waals surface area (Å²) in [6.07, 6.45) is 0. The van der Waals surface area contributed by atoms with Crippen molar-refractivity contribution >= 4 is 22.9 Å². The van der Waals surface area contributed by atoms with Crippen LogP contribution in [-0.4, -0.2) is 39.5 Å². The standard InChI is InChI=1S/C12H17N3O2S/c1-9-3-4-10(14(9)2)7-13-11(16)8-15-5-6-18-12(15)17/h3-4H,5-8H2,1-2H3,(H,13,16). The van der Waals surface area contributed by atoms with E-state index in [0.717, 1.165) is 17.1 Å². The molecule has 0 radical (unpaired) electrons. The van der Waals surface area contributed by atoms with Crippen molar-refractivity contribution in [3.63, 3.8) is 0 Å². The minimum absolute atomic E-state index is 0.000129. The zero-order valence-corrected chi connectivity index (χ0v) is 11.4. The van der Waals surface area contributed by atoms with E-state index in [0.29, 0.717) is 13.1 Å². The molecule has 2 heterocycles. The lowest BCUT2D eigenvalue weighted by Gasteiger charge is -2.14. The first-order valence-corrected chi connectivity index (χ1v) is 6.86. The Morgan fingerprint density at radius 1 is 1.50 bits per heavy atom. The summed E-state index contributed by atoms with van der Waals surface area (Å²) in [5.41, 5.74) is 2.22. The van der Waals surface area contributed by atoms with Crippen molar-refractivity contribution in [2.45, 2.75) is 13.5 Å². The number of rotatable bonds is 4. The zero-order chi connectivity index (χ0) is 13.1. The van der Waals surface area contributed by atoms with Gasteiger partial charge in [0.1, 0.15) is 6.54 Å². The number of nitrogens with zero attached hydrogens (tertiary/aromatic N) is 2. The number of hydrogen-bond donors (Lipinski definition) is 1. The van der Waals surface area contributed by atoms with E-state index >= 15 is 0 Å². The predicted octanol–water partition coefficient (Wildman–Crippen LogP) is 1.12. The van der Waals surface area contributed by atoms with Gasteiger partial charge in [0, 0.05) is 30.7 Å². The predicted molar refractivity (Wildman–Crippen MR) is 71.4 cm³/mol. The SMILES string of the molecule is Cc1ccc(CNC(=O)CN2CCSC2=O)n1C. The molecule has 0 aliphatic carbocycles. The summed E-state index contributed by atoms with van der Waals surface area (Å²) in [5.74, 6) is 0.674. The first kappa shape index (κ1) is 13.0. The smallest absolute Gasteiger partial charge is 0.282 e. The van der Waals surface area contributed by atoms with Crippen LogP contribution >= 0.6 is 11.8 Å². The van der Waals surface area contributed by atoms with E-state index in [1.165, 1.54) is 11.8 Å². The van der Waals surface area contributed by atoms with Crippen molar-refractivity contribution in [2.75, 3.05) is 18.8 Å². The molecule has 98 valence electrons. The van der Waals surface area contributed by atoms with Gasteiger partial charge in [-0.25, -0.2) is 0 Å². The lowest BCUT2D eigenvalue weighted by molar-refractivity contribution is -0.121. The van der Waals surface area contributed by atoms with Gasteiger partial charge in [-0.2, -0.15) is 0 Å². The lowest BCUT2D eigenvalue weighted by Crippen LogP contribution is -2.37. The second kappa shape index (κ2) is 5.48. The Balaban J connectivity index is 1.81. The topological polar surface area (TPSA) is 54.3 Å². The monoisotopic (exact) mass is 267 g/mol. The van der Waals surface area contributed by atoms with Crippen LogP contribution in [0, 0.1) is 6.92 Å². The van der Waals surface area contributed by atoms with E-state index in [1.807, 2.05) is 30.7 Å². The van der Waals surface area contributed by atoms with E-state index in [2.05, 4.69) is 5.32 Å². The van der Waals surface area contributed by atoms with Crippen LogP contribution in [-0.2, 0) is 18.4 Å². The summed E-state index contributed by atoms with van der Waals surface area (Å²) in [6.45, 7) is 3.35. The van der Waals surface area contributed by atoms with Crippen molar-refractivity contribution in [1.29, 1.82) is 0 Å². The molecule has 1 aliphatic heterocycles. The van der Waals surface area contributed by atoms with Crippen molar-refractivity contribution in [2.24, 2.45) is 7.05 Å². The molecule has 6 heteroatoms. The van der Waals surface area contributed by atoms with E-state index < -0.39 is 0 Å². The van der Waals surface area contributed by atoms with Gasteiger partial charge < -0.3 is 14.8 Å². The van der Waals surface area contributed by atoms with Gasteiger partial charge in [0.25, 0.3) is 5.24 Å². The van der Waals surface area contributed by atoms with Gasteiger partial charge in [0.2, 0.25) is 5.91 Å². The van der Waals surface area contributed by atoms with Crippen LogP contribution in [0.3, 0.4) is 0 Å². The third kappa shape index (κ3) is 2.87. The molecule has 5 nitrogen and oxygen atoms in total. The van der Waals surface area contributed by atoms with Gasteiger partial charge in [-0.05, 0) is 19.1 Å². The maximum Gasteiger partial charge on any atom is 0.282 e. The number of thioether (sulfide) groups is 1. The number of hydrogen-bond acceptors (Lipinski definition) is 3. The molecular weight excluding hydrogens is 250 g/mol. The van der Waals surface area contributed by atoms with Crippen LogP contribution in [0.15, 0.2) is 12.1 Å². The van der Waals surface area contributed by atoms with Crippen molar-refractivity contribution in [3.8, 4) is 0 Å². The summed E-state index contributed by atoms with van der Waals surface area (Å²) in [7, 11) is 1.97. The molecule has 0 spiro atoms. The van der Waals surface area contributed by atoms with Gasteiger partial charge >= 0.3 is 0 Å². The Kier molecular flexibility index (Phi) is 3.96. The molecule has 1 fully saturated rings. The third-order valence-electron chi connectivity index (χ3n) is 3.12. The van der Waals surface area contributed by atoms with Crippen LogP contribution in [0.1, 0.15) is 11.4 Å². The fraction of sp³-hybridized carbons (Fsp3) is 0.500. The summed E-state index contributed by atoms with van der Waals surface area (Å²) in [5, 5.41) is 2.84. The minimum Gasteiger partial charge on any atom is -0.350 e. The fourth-order valence-electron chi connectivity index (χ4n) is 1.83. The maximum absolute atomic E-state index is 11.7. The van der Waals surface area contributed by atoms with E-state index in [4.69, 9.17) is 0 Å². The Hall–Kier alpha value is -1.43. The molecule has 1 aliphatic rings. The summed E-state index contributed by atoms with van der Waals surface area (Å²) >= 11 is 1.27. The van der Waals surface area contributed by atoms with Crippen LogP contribution in [0.5, 0.6) is 0 Å². The van der Waals surface area contributed by atoms with E-state index in [-0.39, 0.29) is 17.7 Å². The maximum atomic E-state index is 11.7. The van der Waals surface area contributed by atoms with Gasteiger partial charge in [0.15, 0.2) is 0 Å². The normalized spacial score (nSPS) is 15.2. The highest BCUT2D eigenvalue weighted by Gasteiger charge is 2.23.